The van der Waals surface area contributed by atoms with Gasteiger partial charge in [0.1, 0.15) is 5.75 Å². The van der Waals surface area contributed by atoms with Crippen molar-refractivity contribution in [2.45, 2.75) is 58.9 Å². The fraction of sp³-hybridized carbons (Fsp3) is 0.333. The van der Waals surface area contributed by atoms with Crippen LogP contribution < -0.4 is 15.0 Å². The average Bonchev–Trinajstić information content (AvgIpc) is 3.03. The molecule has 0 radical (unpaired) electrons. The van der Waals surface area contributed by atoms with Gasteiger partial charge in [0.05, 0.1) is 30.4 Å². The maximum atomic E-state index is 14.2. The Morgan fingerprint density at radius 1 is 0.974 bits per heavy atom. The largest absolute Gasteiger partial charge is 0.494 e. The summed E-state index contributed by atoms with van der Waals surface area (Å²) in [5, 5.41) is 3.58. The van der Waals surface area contributed by atoms with Crippen molar-refractivity contribution in [3.8, 4) is 5.75 Å². The van der Waals surface area contributed by atoms with E-state index < -0.39 is 6.04 Å². The molecule has 5 nitrogen and oxygen atoms in total. The topological polar surface area (TPSA) is 58.6 Å². The van der Waals surface area contributed by atoms with Crippen LogP contribution in [-0.2, 0) is 16.0 Å². The normalized spacial score (nSPS) is 18.2. The summed E-state index contributed by atoms with van der Waals surface area (Å²) >= 11 is 0. The highest BCUT2D eigenvalue weighted by Crippen LogP contribution is 2.48. The summed E-state index contributed by atoms with van der Waals surface area (Å²) in [6.45, 7) is 7.06. The minimum absolute atomic E-state index is 0.0508. The minimum Gasteiger partial charge on any atom is -0.494 e. The molecule has 0 aromatic heterocycles. The number of carbonyl (C=O) groups is 2. The van der Waals surface area contributed by atoms with E-state index in [0.717, 1.165) is 53.2 Å². The molecular formula is C33H36N2O3. The van der Waals surface area contributed by atoms with E-state index in [2.05, 4.69) is 26.1 Å². The zero-order valence-electron chi connectivity index (χ0n) is 22.5. The second kappa shape index (κ2) is 10.9. The number of carbonyl (C=O) groups excluding carboxylic acids is 2. The fourth-order valence-corrected chi connectivity index (χ4v) is 5.51. The molecule has 3 aromatic carbocycles. The zero-order chi connectivity index (χ0) is 26.7. The number of allylic oxidation sites excluding steroid dienone is 1. The van der Waals surface area contributed by atoms with Crippen molar-refractivity contribution in [2.24, 2.45) is 5.41 Å². The molecular weight excluding hydrogens is 472 g/mol. The third kappa shape index (κ3) is 5.38. The van der Waals surface area contributed by atoms with Gasteiger partial charge in [-0.25, -0.2) is 0 Å². The number of para-hydroxylation sites is 2. The lowest BCUT2D eigenvalue weighted by molar-refractivity contribution is -0.119. The zero-order valence-corrected chi connectivity index (χ0v) is 22.5. The maximum Gasteiger partial charge on any atom is 0.232 e. The first kappa shape index (κ1) is 25.8. The minimum atomic E-state index is -0.536. The quantitative estimate of drug-likeness (QED) is 0.342. The van der Waals surface area contributed by atoms with Crippen LogP contribution in [0.25, 0.3) is 0 Å². The molecule has 2 aliphatic rings. The molecule has 1 aliphatic heterocycles. The van der Waals surface area contributed by atoms with Crippen LogP contribution >= 0.6 is 0 Å². The average molecular weight is 509 g/mol. The van der Waals surface area contributed by atoms with Crippen molar-refractivity contribution in [1.29, 1.82) is 0 Å². The number of hydrogen-bond acceptors (Lipinski definition) is 4. The summed E-state index contributed by atoms with van der Waals surface area (Å²) in [7, 11) is 0. The Kier molecular flexibility index (Phi) is 7.37. The Balaban J connectivity index is 1.64. The van der Waals surface area contributed by atoms with E-state index in [-0.39, 0.29) is 23.5 Å². The SMILES string of the molecule is CCCCOc1ccc([C@H]2C3=C(CC(C)(C)CC3=O)Nc3ccccc3N2C(=O)Cc2ccccc2)cc1. The summed E-state index contributed by atoms with van der Waals surface area (Å²) in [5.41, 5.74) is 4.88. The molecule has 0 unspecified atom stereocenters. The van der Waals surface area contributed by atoms with E-state index in [9.17, 15) is 9.59 Å². The molecule has 0 fully saturated rings. The van der Waals surface area contributed by atoms with E-state index in [1.54, 1.807) is 0 Å². The Labute approximate surface area is 225 Å². The van der Waals surface area contributed by atoms with Crippen molar-refractivity contribution < 1.29 is 14.3 Å². The predicted molar refractivity (Wildman–Crippen MR) is 152 cm³/mol. The highest BCUT2D eigenvalue weighted by atomic mass is 16.5. The summed E-state index contributed by atoms with van der Waals surface area (Å²) in [4.78, 5) is 29.8. The van der Waals surface area contributed by atoms with Gasteiger partial charge in [-0.3, -0.25) is 14.5 Å². The van der Waals surface area contributed by atoms with Crippen molar-refractivity contribution in [1.82, 2.24) is 0 Å². The molecule has 1 N–H and O–H groups in total. The summed E-state index contributed by atoms with van der Waals surface area (Å²) in [6.07, 6.45) is 3.48. The van der Waals surface area contributed by atoms with Gasteiger partial charge in [-0.1, -0.05) is 81.8 Å². The summed E-state index contributed by atoms with van der Waals surface area (Å²) in [5.74, 6) is 0.828. The molecule has 1 atom stereocenters. The lowest BCUT2D eigenvalue weighted by Crippen LogP contribution is -2.40. The predicted octanol–water partition coefficient (Wildman–Crippen LogP) is 7.25. The van der Waals surface area contributed by atoms with E-state index in [0.29, 0.717) is 18.6 Å². The fourth-order valence-electron chi connectivity index (χ4n) is 5.51. The first-order chi connectivity index (χ1) is 18.4. The molecule has 5 rings (SSSR count). The number of nitrogens with zero attached hydrogens (tertiary/aromatic N) is 1. The molecule has 38 heavy (non-hydrogen) atoms. The van der Waals surface area contributed by atoms with E-state index in [1.807, 2.05) is 83.8 Å². The first-order valence-electron chi connectivity index (χ1n) is 13.6. The molecule has 1 aliphatic carbocycles. The van der Waals surface area contributed by atoms with Crippen LogP contribution in [0.3, 0.4) is 0 Å². The van der Waals surface area contributed by atoms with Gasteiger partial charge in [-0.05, 0) is 53.6 Å². The van der Waals surface area contributed by atoms with Crippen LogP contribution in [0.1, 0.15) is 63.6 Å². The molecule has 1 heterocycles. The lowest BCUT2D eigenvalue weighted by Gasteiger charge is -2.37. The Bertz CT molecular complexity index is 1340. The lowest BCUT2D eigenvalue weighted by atomic mass is 9.73. The maximum absolute atomic E-state index is 14.2. The summed E-state index contributed by atoms with van der Waals surface area (Å²) in [6, 6.07) is 25.0. The Hall–Kier alpha value is -3.86. The van der Waals surface area contributed by atoms with Gasteiger partial charge in [0, 0.05) is 17.7 Å². The highest BCUT2D eigenvalue weighted by Gasteiger charge is 2.43. The first-order valence-corrected chi connectivity index (χ1v) is 13.6. The van der Waals surface area contributed by atoms with Crippen molar-refractivity contribution >= 4 is 23.1 Å². The highest BCUT2D eigenvalue weighted by molar-refractivity contribution is 6.06. The van der Waals surface area contributed by atoms with Gasteiger partial charge in [0.2, 0.25) is 5.91 Å². The molecule has 1 amide bonds. The van der Waals surface area contributed by atoms with Crippen LogP contribution in [0, 0.1) is 5.41 Å². The second-order valence-corrected chi connectivity index (χ2v) is 11.1. The van der Waals surface area contributed by atoms with Crippen LogP contribution in [0.4, 0.5) is 11.4 Å². The second-order valence-electron chi connectivity index (χ2n) is 11.1. The van der Waals surface area contributed by atoms with Crippen LogP contribution in [0.5, 0.6) is 5.75 Å². The standard InChI is InChI=1S/C33H36N2O3/c1-4-5-19-38-25-17-15-24(16-18-25)32-31-27(21-33(2,3)22-29(31)36)34-26-13-9-10-14-28(26)35(32)30(37)20-23-11-7-6-8-12-23/h6-18,32,34H,4-5,19-22H2,1-3H3/t32-/m0/s1. The van der Waals surface area contributed by atoms with Crippen LogP contribution in [0.2, 0.25) is 0 Å². The van der Waals surface area contributed by atoms with Gasteiger partial charge in [-0.2, -0.15) is 0 Å². The monoisotopic (exact) mass is 508 g/mol. The Morgan fingerprint density at radius 3 is 2.42 bits per heavy atom. The number of benzene rings is 3. The van der Waals surface area contributed by atoms with E-state index in [4.69, 9.17) is 4.74 Å². The van der Waals surface area contributed by atoms with Crippen LogP contribution in [-0.4, -0.2) is 18.3 Å². The van der Waals surface area contributed by atoms with Gasteiger partial charge in [-0.15, -0.1) is 0 Å². The van der Waals surface area contributed by atoms with Gasteiger partial charge in [0.25, 0.3) is 0 Å². The number of ether oxygens (including phenoxy) is 1. The third-order valence-corrected chi connectivity index (χ3v) is 7.33. The van der Waals surface area contributed by atoms with Gasteiger partial charge >= 0.3 is 0 Å². The number of anilines is 2. The van der Waals surface area contributed by atoms with E-state index >= 15 is 0 Å². The van der Waals surface area contributed by atoms with Crippen molar-refractivity contribution in [2.75, 3.05) is 16.8 Å². The number of rotatable bonds is 7. The number of nitrogens with one attached hydrogen (secondary N) is 1. The molecule has 3 aromatic rings. The van der Waals surface area contributed by atoms with Gasteiger partial charge in [0.15, 0.2) is 5.78 Å². The number of amides is 1. The molecule has 0 spiro atoms. The number of hydrogen-bond donors (Lipinski definition) is 1. The third-order valence-electron chi connectivity index (χ3n) is 7.33. The van der Waals surface area contributed by atoms with Crippen molar-refractivity contribution in [3.05, 3.63) is 101 Å². The number of ketones is 1. The Morgan fingerprint density at radius 2 is 1.68 bits per heavy atom. The molecule has 0 saturated heterocycles. The number of unbranched alkanes of at least 4 members (excludes halogenated alkanes) is 1. The molecule has 0 saturated carbocycles. The van der Waals surface area contributed by atoms with E-state index in [1.165, 1.54) is 0 Å². The van der Waals surface area contributed by atoms with Crippen LogP contribution in [0.15, 0.2) is 90.1 Å². The molecule has 5 heteroatoms. The number of Topliss-reactive ketones (excluding diaryl/α,β-unsaturated/α-hetero) is 1. The molecule has 196 valence electrons. The molecule has 0 bridgehead atoms. The number of fused-ring (bicyclic) bond motifs is 1. The van der Waals surface area contributed by atoms with Crippen molar-refractivity contribution in [3.63, 3.8) is 0 Å². The van der Waals surface area contributed by atoms with Gasteiger partial charge < -0.3 is 10.1 Å². The summed E-state index contributed by atoms with van der Waals surface area (Å²) < 4.78 is 5.91. The smallest absolute Gasteiger partial charge is 0.232 e.